The maximum absolute atomic E-state index is 11.6. The number of piperazine rings is 1. The smallest absolute Gasteiger partial charge is 0.222 e. The molecule has 1 aliphatic heterocycles. The van der Waals surface area contributed by atoms with Gasteiger partial charge in [-0.05, 0) is 19.4 Å². The van der Waals surface area contributed by atoms with Gasteiger partial charge in [0.15, 0.2) is 0 Å². The third-order valence-electron chi connectivity index (χ3n) is 3.02. The molecular formula is C12H24N2O. The van der Waals surface area contributed by atoms with E-state index in [4.69, 9.17) is 0 Å². The molecule has 88 valence electrons. The van der Waals surface area contributed by atoms with Crippen LogP contribution in [0.1, 0.15) is 39.5 Å². The number of unbranched alkanes of at least 4 members (excludes halogenated alkanes) is 1. The molecule has 0 N–H and O–H groups in total. The van der Waals surface area contributed by atoms with Gasteiger partial charge in [-0.25, -0.2) is 0 Å². The Morgan fingerprint density at radius 2 is 1.73 bits per heavy atom. The topological polar surface area (TPSA) is 23.6 Å². The van der Waals surface area contributed by atoms with Crippen LogP contribution in [0, 0.1) is 0 Å². The molecule has 1 saturated heterocycles. The second-order valence-electron chi connectivity index (χ2n) is 4.33. The number of amides is 1. The van der Waals surface area contributed by atoms with Crippen LogP contribution in [0.15, 0.2) is 0 Å². The molecule has 1 rings (SSSR count). The first kappa shape index (κ1) is 12.5. The Labute approximate surface area is 93.4 Å². The third-order valence-corrected chi connectivity index (χ3v) is 3.02. The lowest BCUT2D eigenvalue weighted by atomic mass is 10.2. The lowest BCUT2D eigenvalue weighted by Crippen LogP contribution is -2.48. The summed E-state index contributed by atoms with van der Waals surface area (Å²) in [6, 6.07) is 0. The van der Waals surface area contributed by atoms with Crippen molar-refractivity contribution in [1.29, 1.82) is 0 Å². The Balaban J connectivity index is 2.20. The second-order valence-corrected chi connectivity index (χ2v) is 4.33. The van der Waals surface area contributed by atoms with Crippen molar-refractivity contribution in [2.24, 2.45) is 0 Å². The lowest BCUT2D eigenvalue weighted by molar-refractivity contribution is -0.132. The van der Waals surface area contributed by atoms with Crippen molar-refractivity contribution in [3.8, 4) is 0 Å². The minimum absolute atomic E-state index is 0.340. The molecule has 0 radical (unpaired) electrons. The van der Waals surface area contributed by atoms with Crippen LogP contribution in [0.4, 0.5) is 0 Å². The predicted molar refractivity (Wildman–Crippen MR) is 62.8 cm³/mol. The summed E-state index contributed by atoms with van der Waals surface area (Å²) < 4.78 is 0. The van der Waals surface area contributed by atoms with E-state index in [1.165, 1.54) is 19.4 Å². The highest BCUT2D eigenvalue weighted by Crippen LogP contribution is 2.05. The molecule has 0 aromatic heterocycles. The summed E-state index contributed by atoms with van der Waals surface area (Å²) in [5.41, 5.74) is 0. The van der Waals surface area contributed by atoms with Gasteiger partial charge in [0, 0.05) is 32.6 Å². The van der Waals surface area contributed by atoms with E-state index in [0.717, 1.165) is 39.0 Å². The van der Waals surface area contributed by atoms with Crippen molar-refractivity contribution in [1.82, 2.24) is 9.80 Å². The standard InChI is InChI=1S/C12H24N2O/c1-3-5-7-13-8-10-14(11-9-13)12(15)6-4-2/h3-11H2,1-2H3. The molecule has 0 unspecified atom stereocenters. The summed E-state index contributed by atoms with van der Waals surface area (Å²) in [4.78, 5) is 16.1. The zero-order chi connectivity index (χ0) is 11.1. The molecule has 0 atom stereocenters. The van der Waals surface area contributed by atoms with Crippen LogP contribution in [0.3, 0.4) is 0 Å². The molecule has 1 aliphatic rings. The van der Waals surface area contributed by atoms with E-state index in [0.29, 0.717) is 5.91 Å². The van der Waals surface area contributed by atoms with E-state index in [2.05, 4.69) is 18.7 Å². The molecule has 0 spiro atoms. The number of hydrogen-bond acceptors (Lipinski definition) is 2. The first-order valence-corrected chi connectivity index (χ1v) is 6.28. The summed E-state index contributed by atoms with van der Waals surface area (Å²) in [6.07, 6.45) is 4.22. The summed E-state index contributed by atoms with van der Waals surface area (Å²) in [5.74, 6) is 0.340. The SMILES string of the molecule is CCCCN1CCN(C(=O)CCC)CC1. The molecule has 0 aromatic rings. The van der Waals surface area contributed by atoms with Crippen molar-refractivity contribution in [3.63, 3.8) is 0 Å². The summed E-state index contributed by atoms with van der Waals surface area (Å²) in [5, 5.41) is 0. The molecule has 0 bridgehead atoms. The first-order chi connectivity index (χ1) is 7.27. The molecule has 3 heteroatoms. The Kier molecular flexibility index (Phi) is 5.69. The first-order valence-electron chi connectivity index (χ1n) is 6.28. The van der Waals surface area contributed by atoms with Crippen LogP contribution >= 0.6 is 0 Å². The monoisotopic (exact) mass is 212 g/mol. The average molecular weight is 212 g/mol. The highest BCUT2D eigenvalue weighted by molar-refractivity contribution is 5.76. The summed E-state index contributed by atoms with van der Waals surface area (Å²) in [7, 11) is 0. The largest absolute Gasteiger partial charge is 0.340 e. The molecule has 15 heavy (non-hydrogen) atoms. The average Bonchev–Trinajstić information content (AvgIpc) is 2.27. The molecule has 1 fully saturated rings. The van der Waals surface area contributed by atoms with Gasteiger partial charge in [0.05, 0.1) is 0 Å². The van der Waals surface area contributed by atoms with Gasteiger partial charge in [0.25, 0.3) is 0 Å². The molecule has 3 nitrogen and oxygen atoms in total. The normalized spacial score (nSPS) is 18.1. The van der Waals surface area contributed by atoms with Gasteiger partial charge in [0.2, 0.25) is 5.91 Å². The summed E-state index contributed by atoms with van der Waals surface area (Å²) in [6.45, 7) is 9.48. The Morgan fingerprint density at radius 1 is 1.07 bits per heavy atom. The van der Waals surface area contributed by atoms with Crippen LogP contribution in [0.5, 0.6) is 0 Å². The van der Waals surface area contributed by atoms with E-state index in [1.807, 2.05) is 4.90 Å². The second kappa shape index (κ2) is 6.83. The minimum atomic E-state index is 0.340. The van der Waals surface area contributed by atoms with Crippen LogP contribution in [0.2, 0.25) is 0 Å². The number of nitrogens with zero attached hydrogens (tertiary/aromatic N) is 2. The Hall–Kier alpha value is -0.570. The lowest BCUT2D eigenvalue weighted by Gasteiger charge is -2.34. The maximum Gasteiger partial charge on any atom is 0.222 e. The fourth-order valence-corrected chi connectivity index (χ4v) is 1.97. The molecule has 0 aliphatic carbocycles. The zero-order valence-corrected chi connectivity index (χ0v) is 10.2. The van der Waals surface area contributed by atoms with Crippen LogP contribution < -0.4 is 0 Å². The molecule has 0 saturated carbocycles. The zero-order valence-electron chi connectivity index (χ0n) is 10.2. The fourth-order valence-electron chi connectivity index (χ4n) is 1.97. The quantitative estimate of drug-likeness (QED) is 0.693. The van der Waals surface area contributed by atoms with Gasteiger partial charge in [-0.1, -0.05) is 20.3 Å². The van der Waals surface area contributed by atoms with E-state index in [9.17, 15) is 4.79 Å². The van der Waals surface area contributed by atoms with Gasteiger partial charge < -0.3 is 4.90 Å². The maximum atomic E-state index is 11.6. The molecule has 0 aromatic carbocycles. The van der Waals surface area contributed by atoms with Gasteiger partial charge in [-0.2, -0.15) is 0 Å². The minimum Gasteiger partial charge on any atom is -0.340 e. The van der Waals surface area contributed by atoms with E-state index < -0.39 is 0 Å². The van der Waals surface area contributed by atoms with E-state index >= 15 is 0 Å². The Morgan fingerprint density at radius 3 is 2.27 bits per heavy atom. The highest BCUT2D eigenvalue weighted by atomic mass is 16.2. The van der Waals surface area contributed by atoms with Crippen molar-refractivity contribution in [2.75, 3.05) is 32.7 Å². The fraction of sp³-hybridized carbons (Fsp3) is 0.917. The van der Waals surface area contributed by atoms with E-state index in [-0.39, 0.29) is 0 Å². The third kappa shape index (κ3) is 4.20. The van der Waals surface area contributed by atoms with Crippen molar-refractivity contribution < 1.29 is 4.79 Å². The van der Waals surface area contributed by atoms with E-state index in [1.54, 1.807) is 0 Å². The van der Waals surface area contributed by atoms with Crippen molar-refractivity contribution in [3.05, 3.63) is 0 Å². The van der Waals surface area contributed by atoms with Crippen molar-refractivity contribution in [2.45, 2.75) is 39.5 Å². The predicted octanol–water partition coefficient (Wildman–Crippen LogP) is 1.73. The van der Waals surface area contributed by atoms with Gasteiger partial charge >= 0.3 is 0 Å². The van der Waals surface area contributed by atoms with Crippen LogP contribution in [-0.2, 0) is 4.79 Å². The number of rotatable bonds is 5. The highest BCUT2D eigenvalue weighted by Gasteiger charge is 2.19. The van der Waals surface area contributed by atoms with Crippen LogP contribution in [-0.4, -0.2) is 48.4 Å². The molecular weight excluding hydrogens is 188 g/mol. The van der Waals surface area contributed by atoms with Crippen LogP contribution in [0.25, 0.3) is 0 Å². The number of carbonyl (C=O) groups excluding carboxylic acids is 1. The molecule has 1 heterocycles. The van der Waals surface area contributed by atoms with Gasteiger partial charge in [-0.3, -0.25) is 9.69 Å². The van der Waals surface area contributed by atoms with Gasteiger partial charge in [0.1, 0.15) is 0 Å². The molecule has 1 amide bonds. The van der Waals surface area contributed by atoms with Gasteiger partial charge in [-0.15, -0.1) is 0 Å². The number of carbonyl (C=O) groups is 1. The summed E-state index contributed by atoms with van der Waals surface area (Å²) >= 11 is 0. The number of hydrogen-bond donors (Lipinski definition) is 0. The van der Waals surface area contributed by atoms with Crippen molar-refractivity contribution >= 4 is 5.91 Å². The Bertz CT molecular complexity index is 186.